The van der Waals surface area contributed by atoms with E-state index in [0.717, 1.165) is 55.2 Å². The minimum atomic E-state index is -1.15. The van der Waals surface area contributed by atoms with E-state index in [2.05, 4.69) is 32.4 Å². The van der Waals surface area contributed by atoms with Gasteiger partial charge in [0.15, 0.2) is 10.5 Å². The molecular formula is C26H32N6O3S. The van der Waals surface area contributed by atoms with Gasteiger partial charge in [0.2, 0.25) is 11.8 Å². The van der Waals surface area contributed by atoms with Crippen molar-refractivity contribution in [2.45, 2.75) is 37.8 Å². The van der Waals surface area contributed by atoms with Gasteiger partial charge < -0.3 is 20.7 Å². The van der Waals surface area contributed by atoms with Gasteiger partial charge in [-0.1, -0.05) is 41.7 Å². The molecule has 1 aliphatic heterocycles. The smallest absolute Gasteiger partial charge is 0.244 e. The lowest BCUT2D eigenvalue weighted by atomic mass is 9.84. The molecule has 5 rings (SSSR count). The van der Waals surface area contributed by atoms with Gasteiger partial charge >= 0.3 is 0 Å². The van der Waals surface area contributed by atoms with Crippen molar-refractivity contribution in [1.82, 2.24) is 25.3 Å². The van der Waals surface area contributed by atoms with Crippen molar-refractivity contribution in [3.63, 3.8) is 0 Å². The number of hydrogen-bond donors (Lipinski definition) is 2. The van der Waals surface area contributed by atoms with E-state index in [9.17, 15) is 9.59 Å². The van der Waals surface area contributed by atoms with Crippen LogP contribution in [-0.2, 0) is 19.9 Å². The zero-order valence-corrected chi connectivity index (χ0v) is 21.5. The number of primary amides is 1. The number of benzene rings is 1. The molecule has 10 heteroatoms. The number of nitrogens with two attached hydrogens (primary N) is 1. The first-order valence-corrected chi connectivity index (χ1v) is 13.2. The Morgan fingerprint density at radius 3 is 2.61 bits per heavy atom. The molecule has 1 saturated heterocycles. The second-order valence-electron chi connectivity index (χ2n) is 9.84. The molecule has 0 radical (unpaired) electrons. The Hall–Kier alpha value is -3.08. The molecule has 1 atom stereocenters. The molecule has 1 unspecified atom stereocenters. The molecule has 3 aliphatic rings. The third kappa shape index (κ3) is 5.21. The fraction of sp³-hybridized carbons (Fsp3) is 0.462. The van der Waals surface area contributed by atoms with E-state index >= 15 is 0 Å². The fourth-order valence-corrected chi connectivity index (χ4v) is 5.65. The summed E-state index contributed by atoms with van der Waals surface area (Å²) in [4.78, 5) is 30.1. The van der Waals surface area contributed by atoms with Gasteiger partial charge in [-0.15, -0.1) is 10.2 Å². The monoisotopic (exact) mass is 508 g/mol. The predicted octanol–water partition coefficient (Wildman–Crippen LogP) is 1.95. The summed E-state index contributed by atoms with van der Waals surface area (Å²) in [5.41, 5.74) is 7.02. The molecule has 36 heavy (non-hydrogen) atoms. The van der Waals surface area contributed by atoms with Crippen LogP contribution in [0.5, 0.6) is 0 Å². The summed E-state index contributed by atoms with van der Waals surface area (Å²) >= 11 is 1.40. The zero-order valence-electron chi connectivity index (χ0n) is 20.7. The Balaban J connectivity index is 1.50. The van der Waals surface area contributed by atoms with Crippen molar-refractivity contribution in [3.8, 4) is 10.6 Å². The van der Waals surface area contributed by atoms with E-state index in [1.807, 2.05) is 31.2 Å². The summed E-state index contributed by atoms with van der Waals surface area (Å²) in [6.45, 7) is 5.76. The van der Waals surface area contributed by atoms with Crippen molar-refractivity contribution in [3.05, 3.63) is 58.3 Å². The third-order valence-electron chi connectivity index (χ3n) is 6.93. The average molecular weight is 509 g/mol. The van der Waals surface area contributed by atoms with Gasteiger partial charge in [-0.2, -0.15) is 0 Å². The van der Waals surface area contributed by atoms with Crippen molar-refractivity contribution in [2.75, 3.05) is 39.8 Å². The molecule has 190 valence electrons. The van der Waals surface area contributed by atoms with Crippen molar-refractivity contribution in [2.24, 2.45) is 5.73 Å². The number of ether oxygens (including phenoxy) is 1. The standard InChI is InChI=1S/C26H32N6O3S/c1-17-5-3-4-6-20(17)24-29-30-25(36-24)26(28-22(33)16-32-13-11-31(2)12-14-32)15-18(23(27)34)7-10-21(26)35-19-8-9-19/h3-7,10,19H,8-9,11-16H2,1-2H3,(H2,27,34)(H,28,33). The molecule has 2 heterocycles. The van der Waals surface area contributed by atoms with Crippen molar-refractivity contribution >= 4 is 23.2 Å². The van der Waals surface area contributed by atoms with Crippen LogP contribution in [0.15, 0.2) is 47.7 Å². The van der Waals surface area contributed by atoms with Crippen LogP contribution in [0.4, 0.5) is 0 Å². The van der Waals surface area contributed by atoms with Crippen molar-refractivity contribution in [1.29, 1.82) is 0 Å². The van der Waals surface area contributed by atoms with Crippen LogP contribution < -0.4 is 11.1 Å². The Labute approximate surface area is 215 Å². The van der Waals surface area contributed by atoms with E-state index in [0.29, 0.717) is 16.3 Å². The Morgan fingerprint density at radius 2 is 1.92 bits per heavy atom. The summed E-state index contributed by atoms with van der Waals surface area (Å²) in [7, 11) is 2.08. The highest BCUT2D eigenvalue weighted by atomic mass is 32.1. The average Bonchev–Trinajstić information content (AvgIpc) is 3.53. The van der Waals surface area contributed by atoms with Gasteiger partial charge in [0, 0.05) is 43.7 Å². The van der Waals surface area contributed by atoms with Crippen molar-refractivity contribution < 1.29 is 14.3 Å². The van der Waals surface area contributed by atoms with Crippen LogP contribution in [0.3, 0.4) is 0 Å². The summed E-state index contributed by atoms with van der Waals surface area (Å²) in [6.07, 6.45) is 5.62. The number of allylic oxidation sites excluding steroid dienone is 2. The summed E-state index contributed by atoms with van der Waals surface area (Å²) in [5, 5.41) is 13.6. The van der Waals surface area contributed by atoms with Gasteiger partial charge in [-0.3, -0.25) is 14.5 Å². The Kier molecular flexibility index (Phi) is 6.92. The molecular weight excluding hydrogens is 476 g/mol. The predicted molar refractivity (Wildman–Crippen MR) is 138 cm³/mol. The Bertz CT molecular complexity index is 1210. The zero-order chi connectivity index (χ0) is 25.3. The van der Waals surface area contributed by atoms with E-state index in [-0.39, 0.29) is 25.0 Å². The maximum atomic E-state index is 13.5. The van der Waals surface area contributed by atoms with E-state index in [1.54, 1.807) is 12.2 Å². The lowest BCUT2D eigenvalue weighted by molar-refractivity contribution is -0.125. The highest BCUT2D eigenvalue weighted by molar-refractivity contribution is 7.14. The second kappa shape index (κ2) is 10.1. The summed E-state index contributed by atoms with van der Waals surface area (Å²) in [5.74, 6) is -0.101. The molecule has 9 nitrogen and oxygen atoms in total. The number of amides is 2. The maximum absolute atomic E-state index is 13.5. The van der Waals surface area contributed by atoms with Crippen LogP contribution in [0.25, 0.3) is 10.6 Å². The van der Waals surface area contributed by atoms with E-state index < -0.39 is 11.4 Å². The van der Waals surface area contributed by atoms with Gasteiger partial charge in [-0.25, -0.2) is 0 Å². The first-order chi connectivity index (χ1) is 17.3. The van der Waals surface area contributed by atoms with E-state index in [1.165, 1.54) is 11.3 Å². The number of likely N-dealkylation sites (N-methyl/N-ethyl adjacent to an activating group) is 1. The Morgan fingerprint density at radius 1 is 1.17 bits per heavy atom. The van der Waals surface area contributed by atoms with Crippen LogP contribution in [0.1, 0.15) is 29.8 Å². The first-order valence-electron chi connectivity index (χ1n) is 12.3. The highest BCUT2D eigenvalue weighted by Crippen LogP contribution is 2.44. The molecule has 0 bridgehead atoms. The number of aromatic nitrogens is 2. The number of nitrogens with one attached hydrogen (secondary N) is 1. The summed E-state index contributed by atoms with van der Waals surface area (Å²) in [6, 6.07) is 7.98. The number of aryl methyl sites for hydroxylation is 1. The number of carbonyl (C=O) groups excluding carboxylic acids is 2. The number of carbonyl (C=O) groups is 2. The second-order valence-corrected chi connectivity index (χ2v) is 10.8. The van der Waals surface area contributed by atoms with Gasteiger partial charge in [0.25, 0.3) is 0 Å². The molecule has 2 fully saturated rings. The minimum absolute atomic E-state index is 0.0949. The van der Waals surface area contributed by atoms with Crippen LogP contribution in [0, 0.1) is 6.92 Å². The molecule has 3 N–H and O–H groups in total. The molecule has 0 spiro atoms. The number of rotatable bonds is 8. The van der Waals surface area contributed by atoms with Crippen LogP contribution in [-0.4, -0.2) is 77.7 Å². The van der Waals surface area contributed by atoms with Crippen LogP contribution in [0.2, 0.25) is 0 Å². The fourth-order valence-electron chi connectivity index (χ4n) is 4.57. The largest absolute Gasteiger partial charge is 0.492 e. The molecule has 2 amide bonds. The number of nitrogens with zero attached hydrogens (tertiary/aromatic N) is 4. The van der Waals surface area contributed by atoms with Gasteiger partial charge in [0.05, 0.1) is 12.6 Å². The quantitative estimate of drug-likeness (QED) is 0.560. The van der Waals surface area contributed by atoms with Gasteiger partial charge in [0.1, 0.15) is 10.8 Å². The number of hydrogen-bond acceptors (Lipinski definition) is 8. The van der Waals surface area contributed by atoms with Gasteiger partial charge in [-0.05, 0) is 38.5 Å². The molecule has 2 aromatic rings. The lowest BCUT2D eigenvalue weighted by Crippen LogP contribution is -2.54. The molecule has 1 aromatic heterocycles. The first kappa shape index (κ1) is 24.6. The van der Waals surface area contributed by atoms with Crippen LogP contribution >= 0.6 is 11.3 Å². The normalized spacial score (nSPS) is 23.1. The number of piperazine rings is 1. The molecule has 1 aromatic carbocycles. The third-order valence-corrected chi connectivity index (χ3v) is 8.05. The molecule has 1 saturated carbocycles. The topological polar surface area (TPSA) is 114 Å². The maximum Gasteiger partial charge on any atom is 0.244 e. The SMILES string of the molecule is Cc1ccccc1-c1nnc(C2(NC(=O)CN3CCN(C)CC3)CC(C(N)=O)=CC=C2OC2CC2)s1. The lowest BCUT2D eigenvalue weighted by Gasteiger charge is -2.38. The van der Waals surface area contributed by atoms with E-state index in [4.69, 9.17) is 10.5 Å². The minimum Gasteiger partial charge on any atom is -0.492 e. The summed E-state index contributed by atoms with van der Waals surface area (Å²) < 4.78 is 6.31. The highest BCUT2D eigenvalue weighted by Gasteiger charge is 2.47. The molecule has 2 aliphatic carbocycles.